The third-order valence-electron chi connectivity index (χ3n) is 3.18. The summed E-state index contributed by atoms with van der Waals surface area (Å²) in [4.78, 5) is 37.1. The van der Waals surface area contributed by atoms with Crippen molar-refractivity contribution in [1.29, 1.82) is 0 Å². The Morgan fingerprint density at radius 3 is 2.53 bits per heavy atom. The van der Waals surface area contributed by atoms with E-state index in [1.807, 2.05) is 19.0 Å². The number of nitrogens with two attached hydrogens (primary N) is 1. The molecule has 1 aliphatic rings. The lowest BCUT2D eigenvalue weighted by Crippen LogP contribution is -2.49. The minimum Gasteiger partial charge on any atom is -0.480 e. The molecule has 4 N–H and O–H groups in total. The van der Waals surface area contributed by atoms with Gasteiger partial charge in [-0.1, -0.05) is 0 Å². The number of nitrogens with zero attached hydrogens (tertiary/aromatic N) is 2. The molecule has 0 bridgehead atoms. The van der Waals surface area contributed by atoms with Gasteiger partial charge in [-0.15, -0.1) is 0 Å². The van der Waals surface area contributed by atoms with Crippen molar-refractivity contribution in [2.24, 2.45) is 5.73 Å². The minimum atomic E-state index is -1.27. The molecule has 0 spiro atoms. The number of hydrogen-bond donors (Lipinski definition) is 3. The maximum absolute atomic E-state index is 11.9. The lowest BCUT2D eigenvalue weighted by Gasteiger charge is -2.22. The molecule has 8 nitrogen and oxygen atoms in total. The molecule has 1 saturated heterocycles. The third-order valence-corrected chi connectivity index (χ3v) is 3.18. The molecule has 3 amide bonds. The highest BCUT2D eigenvalue weighted by atomic mass is 16.4. The molecule has 0 aromatic rings. The van der Waals surface area contributed by atoms with Gasteiger partial charge in [-0.3, -0.25) is 4.79 Å². The van der Waals surface area contributed by atoms with Crippen LogP contribution in [0.15, 0.2) is 0 Å². The molecule has 0 aliphatic carbocycles. The zero-order valence-electron chi connectivity index (χ0n) is 11.1. The standard InChI is InChI=1S/C11H20N4O4/c1-14(2)7-3-4-15(6-7)11(19)13-8(10(17)18)5-9(12)16/h7-8H,3-6H2,1-2H3,(H2,12,16)(H,13,19)(H,17,18). The molecular weight excluding hydrogens is 252 g/mol. The highest BCUT2D eigenvalue weighted by Crippen LogP contribution is 2.13. The van der Waals surface area contributed by atoms with Crippen LogP contribution in [0.2, 0.25) is 0 Å². The van der Waals surface area contributed by atoms with Gasteiger partial charge in [0.2, 0.25) is 5.91 Å². The number of carboxylic acid groups (broad SMARTS) is 1. The topological polar surface area (TPSA) is 116 Å². The molecule has 0 aromatic heterocycles. The first-order valence-corrected chi connectivity index (χ1v) is 6.04. The average molecular weight is 272 g/mol. The number of nitrogens with one attached hydrogen (secondary N) is 1. The molecule has 2 unspecified atom stereocenters. The molecule has 8 heteroatoms. The summed E-state index contributed by atoms with van der Waals surface area (Å²) in [6.07, 6.45) is 0.431. The molecular formula is C11H20N4O4. The molecule has 0 radical (unpaired) electrons. The van der Waals surface area contributed by atoms with Crippen molar-refractivity contribution in [3.05, 3.63) is 0 Å². The van der Waals surface area contributed by atoms with Crippen molar-refractivity contribution in [1.82, 2.24) is 15.1 Å². The normalized spacial score (nSPS) is 20.4. The predicted molar refractivity (Wildman–Crippen MR) is 67.4 cm³/mol. The van der Waals surface area contributed by atoms with Crippen molar-refractivity contribution in [3.8, 4) is 0 Å². The van der Waals surface area contributed by atoms with Gasteiger partial charge in [-0.25, -0.2) is 9.59 Å². The van der Waals surface area contributed by atoms with Crippen LogP contribution in [0.3, 0.4) is 0 Å². The monoisotopic (exact) mass is 272 g/mol. The van der Waals surface area contributed by atoms with Crippen LogP contribution in [0, 0.1) is 0 Å². The molecule has 1 aliphatic heterocycles. The van der Waals surface area contributed by atoms with Gasteiger partial charge in [-0.05, 0) is 20.5 Å². The zero-order valence-corrected chi connectivity index (χ0v) is 11.1. The van der Waals surface area contributed by atoms with Crippen LogP contribution in [0.4, 0.5) is 4.79 Å². The van der Waals surface area contributed by atoms with E-state index in [9.17, 15) is 14.4 Å². The van der Waals surface area contributed by atoms with E-state index in [2.05, 4.69) is 5.32 Å². The van der Waals surface area contributed by atoms with Gasteiger partial charge in [0.15, 0.2) is 0 Å². The second-order valence-corrected chi connectivity index (χ2v) is 4.86. The van der Waals surface area contributed by atoms with Gasteiger partial charge in [0.05, 0.1) is 6.42 Å². The number of aliphatic carboxylic acids is 1. The number of amides is 3. The molecule has 1 rings (SSSR count). The number of hydrogen-bond acceptors (Lipinski definition) is 4. The Morgan fingerprint density at radius 2 is 2.11 bits per heavy atom. The molecule has 0 saturated carbocycles. The van der Waals surface area contributed by atoms with E-state index in [1.165, 1.54) is 0 Å². The maximum Gasteiger partial charge on any atom is 0.326 e. The maximum atomic E-state index is 11.9. The second kappa shape index (κ2) is 6.37. The van der Waals surface area contributed by atoms with Gasteiger partial charge in [-0.2, -0.15) is 0 Å². The van der Waals surface area contributed by atoms with Crippen molar-refractivity contribution in [2.75, 3.05) is 27.2 Å². The van der Waals surface area contributed by atoms with Crippen LogP contribution in [0.25, 0.3) is 0 Å². The number of carbonyl (C=O) groups is 3. The Balaban J connectivity index is 2.54. The highest BCUT2D eigenvalue weighted by molar-refractivity contribution is 5.87. The van der Waals surface area contributed by atoms with Gasteiger partial charge < -0.3 is 26.0 Å². The summed E-state index contributed by atoms with van der Waals surface area (Å²) in [6.45, 7) is 1.11. The summed E-state index contributed by atoms with van der Waals surface area (Å²) in [7, 11) is 3.86. The number of primary amides is 1. The third kappa shape index (κ3) is 4.40. The van der Waals surface area contributed by atoms with E-state index in [0.29, 0.717) is 13.1 Å². The van der Waals surface area contributed by atoms with Gasteiger partial charge in [0.1, 0.15) is 6.04 Å². The molecule has 108 valence electrons. The second-order valence-electron chi connectivity index (χ2n) is 4.86. The lowest BCUT2D eigenvalue weighted by molar-refractivity contribution is -0.140. The quantitative estimate of drug-likeness (QED) is 0.573. The lowest BCUT2D eigenvalue weighted by atomic mass is 10.2. The van der Waals surface area contributed by atoms with E-state index in [0.717, 1.165) is 6.42 Å². The van der Waals surface area contributed by atoms with Crippen molar-refractivity contribution >= 4 is 17.9 Å². The smallest absolute Gasteiger partial charge is 0.326 e. The first-order chi connectivity index (χ1) is 8.81. The molecule has 2 atom stereocenters. The van der Waals surface area contributed by atoms with Crippen LogP contribution >= 0.6 is 0 Å². The molecule has 1 fully saturated rings. The minimum absolute atomic E-state index is 0.269. The van der Waals surface area contributed by atoms with Gasteiger partial charge >= 0.3 is 12.0 Å². The van der Waals surface area contributed by atoms with E-state index in [4.69, 9.17) is 10.8 Å². The Labute approximate surface area is 111 Å². The summed E-state index contributed by atoms with van der Waals surface area (Å²) in [6, 6.07) is -1.48. The summed E-state index contributed by atoms with van der Waals surface area (Å²) >= 11 is 0. The highest BCUT2D eigenvalue weighted by Gasteiger charge is 2.30. The number of carboxylic acids is 1. The summed E-state index contributed by atoms with van der Waals surface area (Å²) in [5, 5.41) is 11.2. The number of rotatable bonds is 5. The number of carbonyl (C=O) groups excluding carboxylic acids is 2. The Kier molecular flexibility index (Phi) is 5.11. The van der Waals surface area contributed by atoms with Crippen LogP contribution < -0.4 is 11.1 Å². The number of likely N-dealkylation sites (N-methyl/N-ethyl adjacent to an activating group) is 1. The van der Waals surface area contributed by atoms with Crippen LogP contribution in [0.5, 0.6) is 0 Å². The molecule has 19 heavy (non-hydrogen) atoms. The molecule has 0 aromatic carbocycles. The Morgan fingerprint density at radius 1 is 1.47 bits per heavy atom. The van der Waals surface area contributed by atoms with E-state index in [1.54, 1.807) is 4.90 Å². The Bertz CT molecular complexity index is 372. The average Bonchev–Trinajstić information content (AvgIpc) is 2.76. The van der Waals surface area contributed by atoms with E-state index < -0.39 is 30.4 Å². The first-order valence-electron chi connectivity index (χ1n) is 6.04. The van der Waals surface area contributed by atoms with Crippen LogP contribution in [-0.2, 0) is 9.59 Å². The summed E-state index contributed by atoms with van der Waals surface area (Å²) in [5.41, 5.74) is 4.95. The fourth-order valence-electron chi connectivity index (χ4n) is 1.99. The van der Waals surface area contributed by atoms with Crippen LogP contribution in [-0.4, -0.2) is 72.1 Å². The zero-order chi connectivity index (χ0) is 14.6. The van der Waals surface area contributed by atoms with Crippen molar-refractivity contribution in [3.63, 3.8) is 0 Å². The van der Waals surface area contributed by atoms with E-state index in [-0.39, 0.29) is 6.04 Å². The molecule has 1 heterocycles. The van der Waals surface area contributed by atoms with Gasteiger partial charge in [0, 0.05) is 19.1 Å². The first kappa shape index (κ1) is 15.2. The van der Waals surface area contributed by atoms with Crippen LogP contribution in [0.1, 0.15) is 12.8 Å². The summed E-state index contributed by atoms with van der Waals surface area (Å²) in [5.74, 6) is -2.03. The SMILES string of the molecule is CN(C)C1CCN(C(=O)NC(CC(N)=O)C(=O)O)C1. The Hall–Kier alpha value is -1.83. The predicted octanol–water partition coefficient (Wildman–Crippen LogP) is -1.34. The fraction of sp³-hybridized carbons (Fsp3) is 0.727. The number of likely N-dealkylation sites (tertiary alicyclic amines) is 1. The van der Waals surface area contributed by atoms with Gasteiger partial charge in [0.25, 0.3) is 0 Å². The largest absolute Gasteiger partial charge is 0.480 e. The van der Waals surface area contributed by atoms with Crippen molar-refractivity contribution < 1.29 is 19.5 Å². The van der Waals surface area contributed by atoms with Crippen molar-refractivity contribution in [2.45, 2.75) is 24.9 Å². The fourth-order valence-corrected chi connectivity index (χ4v) is 1.99. The summed E-state index contributed by atoms with van der Waals surface area (Å²) < 4.78 is 0. The number of urea groups is 1. The van der Waals surface area contributed by atoms with E-state index >= 15 is 0 Å².